The van der Waals surface area contributed by atoms with E-state index in [0.717, 1.165) is 5.56 Å². The van der Waals surface area contributed by atoms with Crippen LogP contribution in [-0.4, -0.2) is 20.7 Å². The lowest BCUT2D eigenvalue weighted by Gasteiger charge is -2.06. The zero-order valence-corrected chi connectivity index (χ0v) is 15.5. The Morgan fingerprint density at radius 1 is 1.25 bits per heavy atom. The number of rotatable bonds is 6. The van der Waals surface area contributed by atoms with Gasteiger partial charge in [-0.05, 0) is 30.2 Å². The SMILES string of the molecule is Cc1nn(Cc2ccc(F)cc2)c(Cl)c1C(=O)OCc1cccc([N+](=O)[O-])c1. The Hall–Kier alpha value is -3.26. The van der Waals surface area contributed by atoms with Gasteiger partial charge in [-0.2, -0.15) is 5.10 Å². The smallest absolute Gasteiger partial charge is 0.343 e. The van der Waals surface area contributed by atoms with Crippen molar-refractivity contribution in [3.63, 3.8) is 0 Å². The van der Waals surface area contributed by atoms with Crippen molar-refractivity contribution in [2.75, 3.05) is 0 Å². The predicted octanol–water partition coefficient (Wildman–Crippen LogP) is 4.30. The van der Waals surface area contributed by atoms with Gasteiger partial charge >= 0.3 is 5.97 Å². The van der Waals surface area contributed by atoms with Gasteiger partial charge in [-0.1, -0.05) is 35.9 Å². The van der Waals surface area contributed by atoms with Crippen molar-refractivity contribution in [3.8, 4) is 0 Å². The first-order chi connectivity index (χ1) is 13.3. The third kappa shape index (κ3) is 4.34. The van der Waals surface area contributed by atoms with Crippen molar-refractivity contribution in [2.24, 2.45) is 0 Å². The van der Waals surface area contributed by atoms with Gasteiger partial charge in [0.25, 0.3) is 5.69 Å². The van der Waals surface area contributed by atoms with Crippen LogP contribution in [0.25, 0.3) is 0 Å². The Morgan fingerprint density at radius 3 is 2.64 bits per heavy atom. The standard InChI is InChI=1S/C19H15ClFN3O4/c1-12-17(18(20)23(22-12)10-13-5-7-15(21)8-6-13)19(25)28-11-14-3-2-4-16(9-14)24(26)27/h2-9H,10-11H2,1H3. The molecule has 0 bridgehead atoms. The zero-order chi connectivity index (χ0) is 20.3. The number of carbonyl (C=O) groups excluding carboxylic acids is 1. The molecular formula is C19H15ClFN3O4. The van der Waals surface area contributed by atoms with E-state index < -0.39 is 10.9 Å². The van der Waals surface area contributed by atoms with E-state index in [1.54, 1.807) is 25.1 Å². The highest BCUT2D eigenvalue weighted by atomic mass is 35.5. The maximum atomic E-state index is 13.0. The number of hydrogen-bond donors (Lipinski definition) is 0. The van der Waals surface area contributed by atoms with Crippen LogP contribution in [0.2, 0.25) is 5.15 Å². The number of nitrogens with zero attached hydrogens (tertiary/aromatic N) is 3. The Labute approximate surface area is 164 Å². The molecule has 28 heavy (non-hydrogen) atoms. The van der Waals surface area contributed by atoms with E-state index in [1.165, 1.54) is 35.0 Å². The van der Waals surface area contributed by atoms with E-state index >= 15 is 0 Å². The monoisotopic (exact) mass is 403 g/mol. The van der Waals surface area contributed by atoms with Crippen molar-refractivity contribution in [2.45, 2.75) is 20.1 Å². The van der Waals surface area contributed by atoms with E-state index in [0.29, 0.717) is 11.3 Å². The second-order valence-electron chi connectivity index (χ2n) is 6.04. The van der Waals surface area contributed by atoms with Crippen molar-refractivity contribution in [3.05, 3.63) is 92.0 Å². The van der Waals surface area contributed by atoms with Crippen LogP contribution in [-0.2, 0) is 17.9 Å². The summed E-state index contributed by atoms with van der Waals surface area (Å²) in [5, 5.41) is 15.2. The Morgan fingerprint density at radius 2 is 1.96 bits per heavy atom. The fraction of sp³-hybridized carbons (Fsp3) is 0.158. The lowest BCUT2D eigenvalue weighted by molar-refractivity contribution is -0.384. The minimum Gasteiger partial charge on any atom is -0.457 e. The first-order valence-corrected chi connectivity index (χ1v) is 8.60. The van der Waals surface area contributed by atoms with Crippen LogP contribution in [0, 0.1) is 22.9 Å². The second-order valence-corrected chi connectivity index (χ2v) is 6.40. The molecule has 3 aromatic rings. The number of nitro benzene ring substituents is 1. The highest BCUT2D eigenvalue weighted by Gasteiger charge is 2.22. The van der Waals surface area contributed by atoms with Crippen LogP contribution in [0.1, 0.15) is 27.2 Å². The second kappa shape index (κ2) is 8.18. The van der Waals surface area contributed by atoms with Crippen LogP contribution in [0.3, 0.4) is 0 Å². The Bertz CT molecular complexity index is 1030. The van der Waals surface area contributed by atoms with E-state index in [1.807, 2.05) is 0 Å². The average Bonchev–Trinajstić information content (AvgIpc) is 2.95. The lowest BCUT2D eigenvalue weighted by atomic mass is 10.2. The summed E-state index contributed by atoms with van der Waals surface area (Å²) in [4.78, 5) is 22.7. The summed E-state index contributed by atoms with van der Waals surface area (Å²) in [6.07, 6.45) is 0. The third-order valence-electron chi connectivity index (χ3n) is 4.01. The first-order valence-electron chi connectivity index (χ1n) is 8.23. The Kier molecular flexibility index (Phi) is 5.70. The summed E-state index contributed by atoms with van der Waals surface area (Å²) in [6, 6.07) is 11.7. The summed E-state index contributed by atoms with van der Waals surface area (Å²) in [5.41, 5.74) is 1.66. The highest BCUT2D eigenvalue weighted by Crippen LogP contribution is 2.23. The number of ether oxygens (including phenoxy) is 1. The number of aryl methyl sites for hydroxylation is 1. The number of nitro groups is 1. The molecule has 0 fully saturated rings. The fourth-order valence-electron chi connectivity index (χ4n) is 2.63. The molecule has 0 aliphatic carbocycles. The average molecular weight is 404 g/mol. The summed E-state index contributed by atoms with van der Waals surface area (Å²) in [6.45, 7) is 1.74. The van der Waals surface area contributed by atoms with E-state index in [4.69, 9.17) is 16.3 Å². The van der Waals surface area contributed by atoms with Crippen molar-refractivity contribution in [1.29, 1.82) is 0 Å². The summed E-state index contributed by atoms with van der Waals surface area (Å²) >= 11 is 6.29. The summed E-state index contributed by atoms with van der Waals surface area (Å²) in [7, 11) is 0. The molecule has 0 aliphatic heterocycles. The molecule has 3 rings (SSSR count). The van der Waals surface area contributed by atoms with Gasteiger partial charge in [-0.15, -0.1) is 0 Å². The van der Waals surface area contributed by atoms with Crippen molar-refractivity contribution >= 4 is 23.3 Å². The van der Waals surface area contributed by atoms with Gasteiger partial charge in [0.15, 0.2) is 0 Å². The third-order valence-corrected chi connectivity index (χ3v) is 4.39. The minimum absolute atomic E-state index is 0.0881. The van der Waals surface area contributed by atoms with E-state index in [-0.39, 0.29) is 35.4 Å². The molecule has 1 aromatic heterocycles. The van der Waals surface area contributed by atoms with E-state index in [9.17, 15) is 19.3 Å². The van der Waals surface area contributed by atoms with Gasteiger partial charge in [0.05, 0.1) is 17.2 Å². The van der Waals surface area contributed by atoms with Crippen LogP contribution < -0.4 is 0 Å². The number of aromatic nitrogens is 2. The lowest BCUT2D eigenvalue weighted by Crippen LogP contribution is -2.07. The highest BCUT2D eigenvalue weighted by molar-refractivity contribution is 6.32. The molecule has 2 aromatic carbocycles. The molecular weight excluding hydrogens is 389 g/mol. The summed E-state index contributed by atoms with van der Waals surface area (Å²) in [5.74, 6) is -1.03. The quantitative estimate of drug-likeness (QED) is 0.348. The maximum Gasteiger partial charge on any atom is 0.343 e. The first kappa shape index (κ1) is 19.5. The van der Waals surface area contributed by atoms with E-state index in [2.05, 4.69) is 5.10 Å². The van der Waals surface area contributed by atoms with Gasteiger partial charge in [-0.25, -0.2) is 13.9 Å². The van der Waals surface area contributed by atoms with Gasteiger partial charge in [0.2, 0.25) is 0 Å². The Balaban J connectivity index is 1.73. The van der Waals surface area contributed by atoms with Crippen LogP contribution >= 0.6 is 11.6 Å². The topological polar surface area (TPSA) is 87.3 Å². The van der Waals surface area contributed by atoms with Crippen LogP contribution in [0.4, 0.5) is 10.1 Å². The minimum atomic E-state index is -0.681. The number of hydrogen-bond acceptors (Lipinski definition) is 5. The number of non-ortho nitro benzene ring substituents is 1. The molecule has 0 N–H and O–H groups in total. The molecule has 144 valence electrons. The van der Waals surface area contributed by atoms with Crippen LogP contribution in [0.5, 0.6) is 0 Å². The molecule has 0 radical (unpaired) electrons. The van der Waals surface area contributed by atoms with Crippen LogP contribution in [0.15, 0.2) is 48.5 Å². The summed E-state index contributed by atoms with van der Waals surface area (Å²) < 4.78 is 19.7. The number of halogens is 2. The van der Waals surface area contributed by atoms with Crippen molar-refractivity contribution in [1.82, 2.24) is 9.78 Å². The molecule has 7 nitrogen and oxygen atoms in total. The number of benzene rings is 2. The van der Waals surface area contributed by atoms with Gasteiger partial charge < -0.3 is 4.74 Å². The molecule has 0 aliphatic rings. The van der Waals surface area contributed by atoms with Gasteiger partial charge in [0, 0.05) is 12.1 Å². The molecule has 0 saturated heterocycles. The maximum absolute atomic E-state index is 13.0. The molecule has 9 heteroatoms. The molecule has 0 atom stereocenters. The molecule has 0 amide bonds. The van der Waals surface area contributed by atoms with Crippen molar-refractivity contribution < 1.29 is 18.8 Å². The molecule has 0 unspecified atom stereocenters. The predicted molar refractivity (Wildman–Crippen MR) is 99.7 cm³/mol. The molecule has 0 saturated carbocycles. The number of esters is 1. The molecule has 0 spiro atoms. The zero-order valence-electron chi connectivity index (χ0n) is 14.8. The normalized spacial score (nSPS) is 10.7. The number of carbonyl (C=O) groups is 1. The fourth-order valence-corrected chi connectivity index (χ4v) is 2.95. The largest absolute Gasteiger partial charge is 0.457 e. The molecule has 1 heterocycles. The van der Waals surface area contributed by atoms with Gasteiger partial charge in [-0.3, -0.25) is 10.1 Å². The van der Waals surface area contributed by atoms with Gasteiger partial charge in [0.1, 0.15) is 23.1 Å².